The second-order valence-electron chi connectivity index (χ2n) is 6.82. The smallest absolute Gasteiger partial charge is 0.223 e. The fourth-order valence-electron chi connectivity index (χ4n) is 3.93. The van der Waals surface area contributed by atoms with Crippen LogP contribution in [0, 0.1) is 12.8 Å². The lowest BCUT2D eigenvalue weighted by Crippen LogP contribution is -2.49. The van der Waals surface area contributed by atoms with Crippen LogP contribution in [0.1, 0.15) is 44.0 Å². The number of nitrogens with one attached hydrogen (secondary N) is 1. The number of hydrogen-bond donors (Lipinski definition) is 1. The van der Waals surface area contributed by atoms with Crippen LogP contribution < -0.4 is 5.32 Å². The van der Waals surface area contributed by atoms with Gasteiger partial charge in [-0.05, 0) is 38.2 Å². The third kappa shape index (κ3) is 4.42. The first-order valence-electron chi connectivity index (χ1n) is 9.16. The van der Waals surface area contributed by atoms with E-state index in [9.17, 15) is 0 Å². The van der Waals surface area contributed by atoms with E-state index in [1.54, 1.807) is 0 Å². The quantitative estimate of drug-likeness (QED) is 0.904. The van der Waals surface area contributed by atoms with Crippen LogP contribution in [0.5, 0.6) is 0 Å². The Balaban J connectivity index is 1.61. The summed E-state index contributed by atoms with van der Waals surface area (Å²) < 4.78 is 5.52. The molecule has 1 N–H and O–H groups in total. The number of rotatable bonds is 5. The molecule has 0 aromatic carbocycles. The minimum absolute atomic E-state index is 0.690. The van der Waals surface area contributed by atoms with Crippen molar-refractivity contribution < 1.29 is 4.74 Å². The van der Waals surface area contributed by atoms with Crippen molar-refractivity contribution in [1.29, 1.82) is 0 Å². The van der Waals surface area contributed by atoms with Gasteiger partial charge in [0.25, 0.3) is 0 Å². The summed E-state index contributed by atoms with van der Waals surface area (Å²) in [6.45, 7) is 9.11. The predicted octanol–water partition coefficient (Wildman–Crippen LogP) is 2.65. The van der Waals surface area contributed by atoms with Gasteiger partial charge < -0.3 is 10.1 Å². The van der Waals surface area contributed by atoms with Crippen LogP contribution in [0.3, 0.4) is 0 Å². The van der Waals surface area contributed by atoms with E-state index in [1.807, 2.05) is 6.92 Å². The summed E-state index contributed by atoms with van der Waals surface area (Å²) in [7, 11) is 0. The van der Waals surface area contributed by atoms with Gasteiger partial charge in [0.2, 0.25) is 5.95 Å². The van der Waals surface area contributed by atoms with Crippen LogP contribution in [0.25, 0.3) is 0 Å². The van der Waals surface area contributed by atoms with Crippen molar-refractivity contribution >= 4 is 5.95 Å². The molecule has 1 saturated heterocycles. The monoisotopic (exact) mass is 318 g/mol. The third-order valence-corrected chi connectivity index (χ3v) is 5.18. The van der Waals surface area contributed by atoms with E-state index in [0.29, 0.717) is 12.0 Å². The molecule has 2 atom stereocenters. The number of aryl methyl sites for hydroxylation is 2. The van der Waals surface area contributed by atoms with Crippen molar-refractivity contribution in [3.05, 3.63) is 17.5 Å². The number of nitrogens with zero attached hydrogens (tertiary/aromatic N) is 3. The summed E-state index contributed by atoms with van der Waals surface area (Å²) in [6.07, 6.45) is 6.29. The molecule has 0 bridgehead atoms. The second kappa shape index (κ2) is 8.06. The molecule has 0 radical (unpaired) electrons. The van der Waals surface area contributed by atoms with Crippen LogP contribution in [-0.2, 0) is 11.2 Å². The first-order chi connectivity index (χ1) is 11.3. The highest BCUT2D eigenvalue weighted by atomic mass is 16.5. The zero-order chi connectivity index (χ0) is 16.1. The first-order valence-corrected chi connectivity index (χ1v) is 9.16. The lowest BCUT2D eigenvalue weighted by Gasteiger charge is -2.41. The largest absolute Gasteiger partial charge is 0.379 e. The summed E-state index contributed by atoms with van der Waals surface area (Å²) >= 11 is 0. The average Bonchev–Trinajstić information content (AvgIpc) is 2.60. The molecule has 3 rings (SSSR count). The second-order valence-corrected chi connectivity index (χ2v) is 6.82. The van der Waals surface area contributed by atoms with E-state index < -0.39 is 0 Å². The van der Waals surface area contributed by atoms with E-state index in [-0.39, 0.29) is 0 Å². The molecule has 1 saturated carbocycles. The molecule has 5 heteroatoms. The number of hydrogen-bond acceptors (Lipinski definition) is 5. The Bertz CT molecular complexity index is 502. The normalized spacial score (nSPS) is 26.2. The number of anilines is 1. The molecule has 0 spiro atoms. The molecule has 1 aliphatic carbocycles. The molecule has 128 valence electrons. The minimum atomic E-state index is 0.690. The molecule has 1 aromatic rings. The van der Waals surface area contributed by atoms with Crippen molar-refractivity contribution in [2.45, 2.75) is 52.0 Å². The fourth-order valence-corrected chi connectivity index (χ4v) is 3.93. The van der Waals surface area contributed by atoms with Crippen molar-refractivity contribution in [2.24, 2.45) is 5.92 Å². The SMILES string of the molecule is CCc1cc(C)nc(NC[C@@H]2CCCC[C@@H]2N2CCOCC2)n1. The maximum Gasteiger partial charge on any atom is 0.223 e. The van der Waals surface area contributed by atoms with Gasteiger partial charge in [-0.15, -0.1) is 0 Å². The lowest BCUT2D eigenvalue weighted by molar-refractivity contribution is -0.00542. The Labute approximate surface area is 139 Å². The van der Waals surface area contributed by atoms with E-state index in [1.165, 1.54) is 25.7 Å². The zero-order valence-electron chi connectivity index (χ0n) is 14.6. The van der Waals surface area contributed by atoms with Gasteiger partial charge in [-0.1, -0.05) is 19.8 Å². The highest BCUT2D eigenvalue weighted by Crippen LogP contribution is 2.29. The van der Waals surface area contributed by atoms with Crippen LogP contribution in [0.4, 0.5) is 5.95 Å². The molecular formula is C18H30N4O. The van der Waals surface area contributed by atoms with Crippen LogP contribution in [0.2, 0.25) is 0 Å². The summed E-state index contributed by atoms with van der Waals surface area (Å²) in [5, 5.41) is 3.52. The van der Waals surface area contributed by atoms with Gasteiger partial charge >= 0.3 is 0 Å². The molecule has 1 aromatic heterocycles. The van der Waals surface area contributed by atoms with Gasteiger partial charge in [0.05, 0.1) is 13.2 Å². The minimum Gasteiger partial charge on any atom is -0.379 e. The Hall–Kier alpha value is -1.20. The summed E-state index contributed by atoms with van der Waals surface area (Å²) in [4.78, 5) is 11.8. The van der Waals surface area contributed by atoms with Gasteiger partial charge in [0.1, 0.15) is 0 Å². The van der Waals surface area contributed by atoms with Gasteiger partial charge in [-0.2, -0.15) is 0 Å². The Morgan fingerprint density at radius 2 is 2.00 bits per heavy atom. The predicted molar refractivity (Wildman–Crippen MR) is 92.8 cm³/mol. The standard InChI is InChI=1S/C18H30N4O/c1-3-16-12-14(2)20-18(21-16)19-13-15-6-4-5-7-17(15)22-8-10-23-11-9-22/h12,15,17H,3-11,13H2,1-2H3,(H,19,20,21)/t15-,17-/m0/s1. The Morgan fingerprint density at radius 1 is 1.22 bits per heavy atom. The Kier molecular flexibility index (Phi) is 5.84. The molecule has 23 heavy (non-hydrogen) atoms. The van der Waals surface area contributed by atoms with Crippen molar-refractivity contribution in [3.63, 3.8) is 0 Å². The molecule has 2 heterocycles. The molecular weight excluding hydrogens is 288 g/mol. The summed E-state index contributed by atoms with van der Waals surface area (Å²) in [6, 6.07) is 2.76. The van der Waals surface area contributed by atoms with Crippen molar-refractivity contribution in [2.75, 3.05) is 38.2 Å². The van der Waals surface area contributed by atoms with Crippen LogP contribution >= 0.6 is 0 Å². The number of ether oxygens (including phenoxy) is 1. The summed E-state index contributed by atoms with van der Waals surface area (Å²) in [5.41, 5.74) is 2.17. The van der Waals surface area contributed by atoms with Crippen LogP contribution in [0.15, 0.2) is 6.07 Å². The number of morpholine rings is 1. The molecule has 2 aliphatic rings. The van der Waals surface area contributed by atoms with Crippen molar-refractivity contribution in [3.8, 4) is 0 Å². The van der Waals surface area contributed by atoms with Gasteiger partial charge in [0.15, 0.2) is 0 Å². The maximum absolute atomic E-state index is 5.52. The van der Waals surface area contributed by atoms with Gasteiger partial charge in [-0.3, -0.25) is 4.90 Å². The highest BCUT2D eigenvalue weighted by Gasteiger charge is 2.30. The van der Waals surface area contributed by atoms with E-state index in [0.717, 1.165) is 56.6 Å². The highest BCUT2D eigenvalue weighted by molar-refractivity contribution is 5.28. The number of aromatic nitrogens is 2. The lowest BCUT2D eigenvalue weighted by atomic mass is 9.83. The van der Waals surface area contributed by atoms with Crippen molar-refractivity contribution in [1.82, 2.24) is 14.9 Å². The molecule has 2 fully saturated rings. The molecule has 5 nitrogen and oxygen atoms in total. The van der Waals surface area contributed by atoms with E-state index in [2.05, 4.69) is 33.2 Å². The van der Waals surface area contributed by atoms with E-state index >= 15 is 0 Å². The molecule has 1 aliphatic heterocycles. The first kappa shape index (κ1) is 16.7. The van der Waals surface area contributed by atoms with Gasteiger partial charge in [0, 0.05) is 37.1 Å². The maximum atomic E-state index is 5.52. The Morgan fingerprint density at radius 3 is 2.78 bits per heavy atom. The van der Waals surface area contributed by atoms with Gasteiger partial charge in [-0.25, -0.2) is 9.97 Å². The molecule has 0 amide bonds. The summed E-state index contributed by atoms with van der Waals surface area (Å²) in [5.74, 6) is 1.49. The van der Waals surface area contributed by atoms with E-state index in [4.69, 9.17) is 4.74 Å². The zero-order valence-corrected chi connectivity index (χ0v) is 14.6. The average molecular weight is 318 g/mol. The topological polar surface area (TPSA) is 50.3 Å². The fraction of sp³-hybridized carbons (Fsp3) is 0.778. The van der Waals surface area contributed by atoms with Crippen LogP contribution in [-0.4, -0.2) is 53.8 Å². The molecule has 0 unspecified atom stereocenters. The third-order valence-electron chi connectivity index (χ3n) is 5.18.